The third kappa shape index (κ3) is 3.75. The summed E-state index contributed by atoms with van der Waals surface area (Å²) < 4.78 is 12.5. The zero-order chi connectivity index (χ0) is 18.5. The van der Waals surface area contributed by atoms with E-state index >= 15 is 0 Å². The molecule has 0 saturated carbocycles. The summed E-state index contributed by atoms with van der Waals surface area (Å²) in [6.45, 7) is 2.55. The molecule has 0 radical (unpaired) electrons. The second-order valence-corrected chi connectivity index (χ2v) is 5.68. The molecule has 0 saturated heterocycles. The van der Waals surface area contributed by atoms with E-state index in [1.54, 1.807) is 24.4 Å². The van der Waals surface area contributed by atoms with E-state index in [4.69, 9.17) is 21.7 Å². The topological polar surface area (TPSA) is 84.7 Å². The van der Waals surface area contributed by atoms with Crippen LogP contribution in [0.15, 0.2) is 47.6 Å². The number of nitrogens with one attached hydrogen (secondary N) is 1. The number of aromatic nitrogens is 3. The molecule has 2 aromatic carbocycles. The number of H-pyrrole nitrogens is 1. The monoisotopic (exact) mass is 370 g/mol. The molecule has 0 atom stereocenters. The maximum atomic E-state index is 9.67. The fraction of sp³-hybridized carbons (Fsp3) is 0.167. The van der Waals surface area contributed by atoms with Crippen LogP contribution in [0.3, 0.4) is 0 Å². The van der Waals surface area contributed by atoms with Gasteiger partial charge in [-0.2, -0.15) is 14.9 Å². The van der Waals surface area contributed by atoms with Gasteiger partial charge in [-0.3, -0.25) is 0 Å². The number of phenolic OH excluding ortho intramolecular Hbond substituents is 1. The van der Waals surface area contributed by atoms with Gasteiger partial charge in [0, 0.05) is 5.56 Å². The molecule has 0 bridgehead atoms. The first-order chi connectivity index (χ1) is 12.6. The first-order valence-electron chi connectivity index (χ1n) is 7.94. The molecule has 0 aliphatic heterocycles. The minimum atomic E-state index is 0.0691. The molecule has 0 fully saturated rings. The lowest BCUT2D eigenvalue weighted by Gasteiger charge is -2.05. The fourth-order valence-corrected chi connectivity index (χ4v) is 2.53. The second kappa shape index (κ2) is 7.83. The lowest BCUT2D eigenvalue weighted by molar-refractivity contribution is 0.340. The zero-order valence-corrected chi connectivity index (χ0v) is 15.2. The lowest BCUT2D eigenvalue weighted by atomic mass is 10.2. The number of aromatic amines is 1. The Bertz CT molecular complexity index is 977. The van der Waals surface area contributed by atoms with Crippen LogP contribution in [0.2, 0.25) is 0 Å². The summed E-state index contributed by atoms with van der Waals surface area (Å²) in [5.41, 5.74) is 1.60. The Labute approximate surface area is 155 Å². The van der Waals surface area contributed by atoms with Crippen molar-refractivity contribution in [2.24, 2.45) is 5.10 Å². The van der Waals surface area contributed by atoms with Crippen LogP contribution in [0.1, 0.15) is 12.5 Å². The van der Waals surface area contributed by atoms with Crippen LogP contribution in [0, 0.1) is 4.77 Å². The molecule has 3 aromatic rings. The maximum absolute atomic E-state index is 9.67. The second-order valence-electron chi connectivity index (χ2n) is 5.30. The van der Waals surface area contributed by atoms with E-state index in [-0.39, 0.29) is 5.75 Å². The van der Waals surface area contributed by atoms with Crippen LogP contribution in [0.5, 0.6) is 17.2 Å². The van der Waals surface area contributed by atoms with Crippen molar-refractivity contribution in [2.75, 3.05) is 13.7 Å². The van der Waals surface area contributed by atoms with Crippen molar-refractivity contribution < 1.29 is 14.6 Å². The third-order valence-electron chi connectivity index (χ3n) is 3.60. The average Bonchev–Trinajstić information content (AvgIpc) is 3.02. The van der Waals surface area contributed by atoms with E-state index in [1.165, 1.54) is 11.8 Å². The summed E-state index contributed by atoms with van der Waals surface area (Å²) in [6, 6.07) is 12.5. The van der Waals surface area contributed by atoms with Crippen molar-refractivity contribution in [1.29, 1.82) is 0 Å². The Hall–Kier alpha value is -3.13. The molecule has 26 heavy (non-hydrogen) atoms. The third-order valence-corrected chi connectivity index (χ3v) is 3.86. The molecule has 3 rings (SSSR count). The molecule has 7 nitrogen and oxygen atoms in total. The number of ether oxygens (including phenoxy) is 2. The highest BCUT2D eigenvalue weighted by Gasteiger charge is 2.08. The molecule has 1 heterocycles. The molecular formula is C18H18N4O3S. The number of hydrogen-bond donors (Lipinski definition) is 2. The quantitative estimate of drug-likeness (QED) is 0.511. The first-order valence-corrected chi connectivity index (χ1v) is 8.35. The van der Waals surface area contributed by atoms with Crippen molar-refractivity contribution >= 4 is 18.4 Å². The highest BCUT2D eigenvalue weighted by atomic mass is 32.1. The Kier molecular flexibility index (Phi) is 5.33. The van der Waals surface area contributed by atoms with Gasteiger partial charge < -0.3 is 14.6 Å². The molecule has 2 N–H and O–H groups in total. The highest BCUT2D eigenvalue weighted by Crippen LogP contribution is 2.26. The molecule has 0 spiro atoms. The Morgan fingerprint density at radius 3 is 2.73 bits per heavy atom. The van der Waals surface area contributed by atoms with Gasteiger partial charge >= 0.3 is 0 Å². The van der Waals surface area contributed by atoms with E-state index in [1.807, 2.05) is 31.2 Å². The van der Waals surface area contributed by atoms with Crippen LogP contribution in [-0.2, 0) is 0 Å². The van der Waals surface area contributed by atoms with Crippen molar-refractivity contribution in [1.82, 2.24) is 14.9 Å². The number of nitrogens with zero attached hydrogens (tertiary/aromatic N) is 3. The van der Waals surface area contributed by atoms with Gasteiger partial charge in [0.05, 0.1) is 19.9 Å². The smallest absolute Gasteiger partial charge is 0.216 e. The van der Waals surface area contributed by atoms with E-state index in [2.05, 4.69) is 15.3 Å². The molecule has 134 valence electrons. The van der Waals surface area contributed by atoms with E-state index in [9.17, 15) is 5.11 Å². The Morgan fingerprint density at radius 2 is 2.04 bits per heavy atom. The van der Waals surface area contributed by atoms with E-state index in [0.717, 1.165) is 16.9 Å². The average molecular weight is 370 g/mol. The summed E-state index contributed by atoms with van der Waals surface area (Å²) in [6.07, 6.45) is 1.62. The molecule has 0 amide bonds. The number of aromatic hydroxyl groups is 1. The minimum absolute atomic E-state index is 0.0691. The van der Waals surface area contributed by atoms with Gasteiger partial charge in [0.15, 0.2) is 17.3 Å². The maximum Gasteiger partial charge on any atom is 0.216 e. The van der Waals surface area contributed by atoms with Crippen molar-refractivity contribution in [2.45, 2.75) is 6.92 Å². The summed E-state index contributed by atoms with van der Waals surface area (Å²) in [5.74, 6) is 1.81. The molecule has 0 aliphatic rings. The number of phenols is 1. The van der Waals surface area contributed by atoms with Gasteiger partial charge in [-0.05, 0) is 67.2 Å². The lowest BCUT2D eigenvalue weighted by Crippen LogP contribution is -1.96. The number of rotatable bonds is 6. The number of methoxy groups -OCH3 is 1. The summed E-state index contributed by atoms with van der Waals surface area (Å²) in [7, 11) is 1.49. The van der Waals surface area contributed by atoms with Crippen LogP contribution in [-0.4, -0.2) is 39.9 Å². The number of benzene rings is 2. The van der Waals surface area contributed by atoms with Crippen molar-refractivity contribution in [3.63, 3.8) is 0 Å². The van der Waals surface area contributed by atoms with E-state index in [0.29, 0.717) is 23.0 Å². The predicted octanol–water partition coefficient (Wildman–Crippen LogP) is 3.60. The van der Waals surface area contributed by atoms with Crippen LogP contribution in [0.4, 0.5) is 0 Å². The highest BCUT2D eigenvalue weighted by molar-refractivity contribution is 7.71. The van der Waals surface area contributed by atoms with Crippen molar-refractivity contribution in [3.8, 4) is 28.6 Å². The summed E-state index contributed by atoms with van der Waals surface area (Å²) in [5, 5.41) is 21.1. The van der Waals surface area contributed by atoms with Gasteiger partial charge in [0.2, 0.25) is 4.77 Å². The van der Waals surface area contributed by atoms with Crippen LogP contribution >= 0.6 is 12.2 Å². The molecule has 1 aromatic heterocycles. The van der Waals surface area contributed by atoms with Gasteiger partial charge in [-0.25, -0.2) is 5.10 Å². The van der Waals surface area contributed by atoms with Gasteiger partial charge in [0.25, 0.3) is 0 Å². The zero-order valence-electron chi connectivity index (χ0n) is 14.3. The minimum Gasteiger partial charge on any atom is -0.504 e. The van der Waals surface area contributed by atoms with Crippen molar-refractivity contribution in [3.05, 3.63) is 52.8 Å². The predicted molar refractivity (Wildman–Crippen MR) is 102 cm³/mol. The molecule has 0 aliphatic carbocycles. The normalized spacial score (nSPS) is 11.0. The van der Waals surface area contributed by atoms with Crippen LogP contribution < -0.4 is 9.47 Å². The van der Waals surface area contributed by atoms with Gasteiger partial charge in [0.1, 0.15) is 5.75 Å². The Balaban J connectivity index is 1.92. The largest absolute Gasteiger partial charge is 0.504 e. The van der Waals surface area contributed by atoms with Gasteiger partial charge in [-0.15, -0.1) is 0 Å². The molecule has 0 unspecified atom stereocenters. The standard InChI is InChI=1S/C18H18N4O3S/c1-3-25-14-7-5-13(6-8-14)17-20-21-18(26)22(17)19-11-12-4-9-15(23)16(10-12)24-2/h4-11,23H,3H2,1-2H3,(H,21,26). The first kappa shape index (κ1) is 17.7. The van der Waals surface area contributed by atoms with Gasteiger partial charge in [-0.1, -0.05) is 0 Å². The van der Waals surface area contributed by atoms with E-state index < -0.39 is 0 Å². The SMILES string of the molecule is CCOc1ccc(-c2n[nH]c(=S)n2N=Cc2ccc(O)c(OC)c2)cc1. The number of hydrogen-bond acceptors (Lipinski definition) is 6. The molecular weight excluding hydrogens is 352 g/mol. The fourth-order valence-electron chi connectivity index (χ4n) is 2.35. The summed E-state index contributed by atoms with van der Waals surface area (Å²) in [4.78, 5) is 0. The summed E-state index contributed by atoms with van der Waals surface area (Å²) >= 11 is 5.27. The Morgan fingerprint density at radius 1 is 1.27 bits per heavy atom. The van der Waals surface area contributed by atoms with Crippen LogP contribution in [0.25, 0.3) is 11.4 Å². The molecule has 8 heteroatoms.